The van der Waals surface area contributed by atoms with Crippen molar-refractivity contribution in [3.05, 3.63) is 52.5 Å². The van der Waals surface area contributed by atoms with Crippen LogP contribution in [0.1, 0.15) is 12.5 Å². The molecule has 2 aromatic carbocycles. The number of benzene rings is 2. The van der Waals surface area contributed by atoms with Crippen LogP contribution in [0.15, 0.2) is 46.9 Å². The molecule has 2 rings (SSSR count). The molecule has 0 unspecified atom stereocenters. The van der Waals surface area contributed by atoms with Crippen LogP contribution in [-0.4, -0.2) is 25.8 Å². The molecule has 0 aliphatic rings. The zero-order valence-electron chi connectivity index (χ0n) is 13.8. The van der Waals surface area contributed by atoms with E-state index in [9.17, 15) is 4.79 Å². The van der Waals surface area contributed by atoms with E-state index in [1.165, 1.54) is 0 Å². The summed E-state index contributed by atoms with van der Waals surface area (Å²) in [6.07, 6.45) is 0. The summed E-state index contributed by atoms with van der Waals surface area (Å²) in [5, 5.41) is 5.55. The Morgan fingerprint density at radius 1 is 1.12 bits per heavy atom. The molecule has 0 heterocycles. The van der Waals surface area contributed by atoms with Crippen LogP contribution < -0.4 is 20.1 Å². The molecule has 2 amide bonds. The van der Waals surface area contributed by atoms with Crippen LogP contribution in [0.2, 0.25) is 0 Å². The summed E-state index contributed by atoms with van der Waals surface area (Å²) < 4.78 is 11.9. The fourth-order valence-corrected chi connectivity index (χ4v) is 2.63. The highest BCUT2D eigenvalue weighted by Gasteiger charge is 2.05. The van der Waals surface area contributed by atoms with Crippen molar-refractivity contribution < 1.29 is 14.3 Å². The number of halogens is 1. The van der Waals surface area contributed by atoms with Gasteiger partial charge < -0.3 is 20.1 Å². The van der Waals surface area contributed by atoms with E-state index in [4.69, 9.17) is 9.47 Å². The third-order valence-corrected chi connectivity index (χ3v) is 3.80. The van der Waals surface area contributed by atoms with Gasteiger partial charge in [-0.1, -0.05) is 12.1 Å². The highest BCUT2D eigenvalue weighted by atomic mass is 79.9. The first-order chi connectivity index (χ1) is 11.6. The summed E-state index contributed by atoms with van der Waals surface area (Å²) in [5.41, 5.74) is 1.85. The van der Waals surface area contributed by atoms with E-state index < -0.39 is 0 Å². The molecule has 0 saturated carbocycles. The number of ether oxygens (including phenoxy) is 2. The second-order valence-electron chi connectivity index (χ2n) is 5.12. The second-order valence-corrected chi connectivity index (χ2v) is 5.97. The van der Waals surface area contributed by atoms with Crippen molar-refractivity contribution in [3.63, 3.8) is 0 Å². The van der Waals surface area contributed by atoms with Crippen LogP contribution in [0.4, 0.5) is 10.5 Å². The normalized spacial score (nSPS) is 10.1. The second kappa shape index (κ2) is 9.17. The maximum absolute atomic E-state index is 11.9. The zero-order chi connectivity index (χ0) is 17.4. The van der Waals surface area contributed by atoms with Gasteiger partial charge in [0.2, 0.25) is 0 Å². The number of nitrogens with one attached hydrogen (secondary N) is 2. The third kappa shape index (κ3) is 5.77. The number of hydrogen-bond donors (Lipinski definition) is 2. The van der Waals surface area contributed by atoms with Crippen molar-refractivity contribution in [2.75, 3.05) is 25.1 Å². The Hall–Kier alpha value is -2.21. The van der Waals surface area contributed by atoms with Crippen LogP contribution in [-0.2, 0) is 0 Å². The van der Waals surface area contributed by atoms with Crippen LogP contribution >= 0.6 is 15.9 Å². The lowest BCUT2D eigenvalue weighted by Gasteiger charge is -2.11. The lowest BCUT2D eigenvalue weighted by molar-refractivity contribution is 0.247. The standard InChI is InChI=1S/C18H21BrN2O3/c1-3-23-14-5-4-6-15(12-14)24-10-9-20-18(22)21-17-8-7-13(2)11-16(17)19/h4-8,11-12H,3,9-10H2,1-2H3,(H2,20,21,22). The Bertz CT molecular complexity index is 692. The Morgan fingerprint density at radius 3 is 2.58 bits per heavy atom. The molecule has 0 radical (unpaired) electrons. The van der Waals surface area contributed by atoms with Gasteiger partial charge in [0.1, 0.15) is 18.1 Å². The molecule has 0 fully saturated rings. The zero-order valence-corrected chi connectivity index (χ0v) is 15.4. The van der Waals surface area contributed by atoms with Gasteiger partial charge in [-0.2, -0.15) is 0 Å². The molecule has 24 heavy (non-hydrogen) atoms. The van der Waals surface area contributed by atoms with Gasteiger partial charge in [0, 0.05) is 10.5 Å². The van der Waals surface area contributed by atoms with Crippen LogP contribution in [0.3, 0.4) is 0 Å². The van der Waals surface area contributed by atoms with E-state index in [0.29, 0.717) is 25.5 Å². The van der Waals surface area contributed by atoms with Gasteiger partial charge in [-0.15, -0.1) is 0 Å². The van der Waals surface area contributed by atoms with Gasteiger partial charge >= 0.3 is 6.03 Å². The number of hydrogen-bond acceptors (Lipinski definition) is 3. The van der Waals surface area contributed by atoms with Crippen molar-refractivity contribution >= 4 is 27.6 Å². The fraction of sp³-hybridized carbons (Fsp3) is 0.278. The minimum atomic E-state index is -0.272. The molecule has 0 atom stereocenters. The molecule has 5 nitrogen and oxygen atoms in total. The molecular weight excluding hydrogens is 372 g/mol. The summed E-state index contributed by atoms with van der Waals surface area (Å²) in [7, 11) is 0. The minimum absolute atomic E-state index is 0.272. The highest BCUT2D eigenvalue weighted by molar-refractivity contribution is 9.10. The van der Waals surface area contributed by atoms with E-state index in [-0.39, 0.29) is 6.03 Å². The maximum atomic E-state index is 11.9. The SMILES string of the molecule is CCOc1cccc(OCCNC(=O)Nc2ccc(C)cc2Br)c1. The topological polar surface area (TPSA) is 59.6 Å². The lowest BCUT2D eigenvalue weighted by Crippen LogP contribution is -2.32. The van der Waals surface area contributed by atoms with Gasteiger partial charge in [0.25, 0.3) is 0 Å². The Kier molecular flexibility index (Phi) is 6.93. The van der Waals surface area contributed by atoms with Crippen molar-refractivity contribution in [1.82, 2.24) is 5.32 Å². The molecule has 0 aromatic heterocycles. The summed E-state index contributed by atoms with van der Waals surface area (Å²) in [6, 6.07) is 12.9. The first kappa shape index (κ1) is 18.1. The first-order valence-electron chi connectivity index (χ1n) is 7.75. The molecule has 2 aromatic rings. The van der Waals surface area contributed by atoms with Crippen molar-refractivity contribution in [3.8, 4) is 11.5 Å². The average molecular weight is 393 g/mol. The molecule has 0 spiro atoms. The van der Waals surface area contributed by atoms with Gasteiger partial charge in [0.15, 0.2) is 0 Å². The quantitative estimate of drug-likeness (QED) is 0.688. The smallest absolute Gasteiger partial charge is 0.319 e. The summed E-state index contributed by atoms with van der Waals surface area (Å²) in [5.74, 6) is 1.48. The van der Waals surface area contributed by atoms with Crippen LogP contribution in [0.5, 0.6) is 11.5 Å². The largest absolute Gasteiger partial charge is 0.494 e. The van der Waals surface area contributed by atoms with Crippen LogP contribution in [0, 0.1) is 6.92 Å². The lowest BCUT2D eigenvalue weighted by atomic mass is 10.2. The number of urea groups is 1. The van der Waals surface area contributed by atoms with Gasteiger partial charge in [-0.25, -0.2) is 4.79 Å². The molecule has 0 saturated heterocycles. The molecular formula is C18H21BrN2O3. The van der Waals surface area contributed by atoms with Crippen molar-refractivity contribution in [2.45, 2.75) is 13.8 Å². The summed E-state index contributed by atoms with van der Waals surface area (Å²) in [4.78, 5) is 11.9. The maximum Gasteiger partial charge on any atom is 0.319 e. The third-order valence-electron chi connectivity index (χ3n) is 3.15. The summed E-state index contributed by atoms with van der Waals surface area (Å²) in [6.45, 7) is 5.31. The molecule has 0 aliphatic heterocycles. The first-order valence-corrected chi connectivity index (χ1v) is 8.54. The number of carbonyl (C=O) groups is 1. The number of anilines is 1. The highest BCUT2D eigenvalue weighted by Crippen LogP contribution is 2.23. The molecule has 0 aliphatic carbocycles. The minimum Gasteiger partial charge on any atom is -0.494 e. The Morgan fingerprint density at radius 2 is 1.88 bits per heavy atom. The number of rotatable bonds is 7. The van der Waals surface area contributed by atoms with Crippen LogP contribution in [0.25, 0.3) is 0 Å². The van der Waals surface area contributed by atoms with Crippen molar-refractivity contribution in [1.29, 1.82) is 0 Å². The molecule has 128 valence electrons. The number of aryl methyl sites for hydroxylation is 1. The molecule has 6 heteroatoms. The summed E-state index contributed by atoms with van der Waals surface area (Å²) >= 11 is 3.43. The van der Waals surface area contributed by atoms with Crippen molar-refractivity contribution in [2.24, 2.45) is 0 Å². The van der Waals surface area contributed by atoms with E-state index >= 15 is 0 Å². The fourth-order valence-electron chi connectivity index (χ4n) is 2.04. The molecule has 0 bridgehead atoms. The number of carbonyl (C=O) groups excluding carboxylic acids is 1. The Balaban J connectivity index is 1.73. The van der Waals surface area contributed by atoms with E-state index in [1.54, 1.807) is 0 Å². The molecule has 2 N–H and O–H groups in total. The predicted octanol–water partition coefficient (Wildman–Crippen LogP) is 4.36. The van der Waals surface area contributed by atoms with Gasteiger partial charge in [-0.05, 0) is 59.6 Å². The average Bonchev–Trinajstić information content (AvgIpc) is 2.55. The van der Waals surface area contributed by atoms with E-state index in [0.717, 1.165) is 21.5 Å². The van der Waals surface area contributed by atoms with E-state index in [1.807, 2.05) is 56.3 Å². The van der Waals surface area contributed by atoms with E-state index in [2.05, 4.69) is 26.6 Å². The number of amides is 2. The Labute approximate surface area is 150 Å². The monoisotopic (exact) mass is 392 g/mol. The van der Waals surface area contributed by atoms with Gasteiger partial charge in [-0.3, -0.25) is 0 Å². The van der Waals surface area contributed by atoms with Gasteiger partial charge in [0.05, 0.1) is 18.8 Å². The predicted molar refractivity (Wildman–Crippen MR) is 99.0 cm³/mol.